The standard InChI is InChI=1S/C11H13N5O5/c12-15-13-5-10(18)14-9(6-17)11(19)7-1-3-8(4-2-7)16(20)21/h1-4,9,11,17,19H,5-6H2,(H,14,18)/t9-,11+/m0/s1. The Hall–Kier alpha value is -2.68. The molecule has 0 saturated heterocycles. The van der Waals surface area contributed by atoms with Crippen molar-refractivity contribution in [1.82, 2.24) is 5.32 Å². The van der Waals surface area contributed by atoms with E-state index in [1.54, 1.807) is 0 Å². The molecule has 0 saturated carbocycles. The molecule has 0 aliphatic carbocycles. The Kier molecular flexibility index (Phi) is 6.08. The highest BCUT2D eigenvalue weighted by Crippen LogP contribution is 2.20. The zero-order valence-corrected chi connectivity index (χ0v) is 10.8. The van der Waals surface area contributed by atoms with Crippen molar-refractivity contribution in [2.75, 3.05) is 13.2 Å². The largest absolute Gasteiger partial charge is 0.394 e. The maximum Gasteiger partial charge on any atom is 0.269 e. The van der Waals surface area contributed by atoms with E-state index in [4.69, 9.17) is 5.53 Å². The third-order valence-corrected chi connectivity index (χ3v) is 2.65. The molecular weight excluding hydrogens is 282 g/mol. The minimum absolute atomic E-state index is 0.140. The lowest BCUT2D eigenvalue weighted by Gasteiger charge is -2.22. The van der Waals surface area contributed by atoms with Gasteiger partial charge in [-0.1, -0.05) is 5.11 Å². The fourth-order valence-electron chi connectivity index (χ4n) is 1.60. The lowest BCUT2D eigenvalue weighted by molar-refractivity contribution is -0.384. The van der Waals surface area contributed by atoms with Gasteiger partial charge in [-0.2, -0.15) is 0 Å². The monoisotopic (exact) mass is 295 g/mol. The summed E-state index contributed by atoms with van der Waals surface area (Å²) >= 11 is 0. The number of nitro groups is 1. The van der Waals surface area contributed by atoms with Gasteiger partial charge in [0.05, 0.1) is 17.6 Å². The van der Waals surface area contributed by atoms with Crippen LogP contribution in [-0.2, 0) is 4.79 Å². The predicted octanol–water partition coefficient (Wildman–Crippen LogP) is 0.416. The van der Waals surface area contributed by atoms with Crippen LogP contribution in [0.2, 0.25) is 0 Å². The Balaban J connectivity index is 2.77. The Morgan fingerprint density at radius 1 is 1.48 bits per heavy atom. The summed E-state index contributed by atoms with van der Waals surface area (Å²) in [6.45, 7) is -1.01. The zero-order valence-electron chi connectivity index (χ0n) is 10.8. The molecule has 1 aromatic carbocycles. The van der Waals surface area contributed by atoms with Crippen LogP contribution in [0.15, 0.2) is 29.4 Å². The van der Waals surface area contributed by atoms with Gasteiger partial charge in [-0.25, -0.2) is 0 Å². The number of nitrogens with zero attached hydrogens (tertiary/aromatic N) is 4. The summed E-state index contributed by atoms with van der Waals surface area (Å²) < 4.78 is 0. The van der Waals surface area contributed by atoms with Crippen molar-refractivity contribution in [2.45, 2.75) is 12.1 Å². The van der Waals surface area contributed by atoms with E-state index in [9.17, 15) is 25.1 Å². The van der Waals surface area contributed by atoms with Gasteiger partial charge in [0, 0.05) is 17.0 Å². The normalized spacial score (nSPS) is 12.9. The van der Waals surface area contributed by atoms with E-state index in [1.165, 1.54) is 24.3 Å². The molecule has 2 atom stereocenters. The summed E-state index contributed by atoms with van der Waals surface area (Å²) in [6.07, 6.45) is -1.26. The van der Waals surface area contributed by atoms with Gasteiger partial charge in [0.25, 0.3) is 5.69 Å². The molecule has 0 heterocycles. The van der Waals surface area contributed by atoms with Gasteiger partial charge in [0.2, 0.25) is 5.91 Å². The van der Waals surface area contributed by atoms with Crippen molar-refractivity contribution in [3.8, 4) is 0 Å². The minimum Gasteiger partial charge on any atom is -0.394 e. The van der Waals surface area contributed by atoms with Crippen molar-refractivity contribution >= 4 is 11.6 Å². The van der Waals surface area contributed by atoms with Crippen LogP contribution in [-0.4, -0.2) is 40.2 Å². The minimum atomic E-state index is -1.26. The Labute approximate surface area is 118 Å². The average molecular weight is 295 g/mol. The Bertz CT molecular complexity index is 555. The van der Waals surface area contributed by atoms with Gasteiger partial charge >= 0.3 is 0 Å². The number of benzene rings is 1. The molecule has 112 valence electrons. The number of nitro benzene ring substituents is 1. The highest BCUT2D eigenvalue weighted by atomic mass is 16.6. The van der Waals surface area contributed by atoms with Crippen LogP contribution in [0.5, 0.6) is 0 Å². The van der Waals surface area contributed by atoms with E-state index >= 15 is 0 Å². The summed E-state index contributed by atoms with van der Waals surface area (Å²) in [5.41, 5.74) is 8.24. The Morgan fingerprint density at radius 2 is 2.10 bits per heavy atom. The first-order chi connectivity index (χ1) is 9.99. The maximum atomic E-state index is 11.4. The molecule has 0 aliphatic heterocycles. The number of carbonyl (C=O) groups excluding carboxylic acids is 1. The highest BCUT2D eigenvalue weighted by Gasteiger charge is 2.22. The first-order valence-corrected chi connectivity index (χ1v) is 5.83. The molecule has 0 unspecified atom stereocenters. The van der Waals surface area contributed by atoms with E-state index in [0.717, 1.165) is 0 Å². The molecule has 10 nitrogen and oxygen atoms in total. The van der Waals surface area contributed by atoms with Crippen molar-refractivity contribution in [3.63, 3.8) is 0 Å². The number of hydrogen-bond donors (Lipinski definition) is 3. The summed E-state index contributed by atoms with van der Waals surface area (Å²) in [5.74, 6) is -0.659. The van der Waals surface area contributed by atoms with Crippen LogP contribution < -0.4 is 5.32 Å². The molecule has 10 heteroatoms. The van der Waals surface area contributed by atoms with Crippen molar-refractivity contribution in [1.29, 1.82) is 0 Å². The number of aliphatic hydroxyl groups excluding tert-OH is 2. The molecule has 0 bridgehead atoms. The maximum absolute atomic E-state index is 11.4. The van der Waals surface area contributed by atoms with Crippen LogP contribution in [0.1, 0.15) is 11.7 Å². The summed E-state index contributed by atoms with van der Waals surface area (Å²) in [6, 6.07) is 4.03. The smallest absolute Gasteiger partial charge is 0.269 e. The fraction of sp³-hybridized carbons (Fsp3) is 0.364. The number of rotatable bonds is 7. The third kappa shape index (κ3) is 4.73. The second kappa shape index (κ2) is 7.80. The summed E-state index contributed by atoms with van der Waals surface area (Å²) in [4.78, 5) is 23.7. The van der Waals surface area contributed by atoms with E-state index in [-0.39, 0.29) is 5.69 Å². The van der Waals surface area contributed by atoms with Gasteiger partial charge in [0.1, 0.15) is 12.6 Å². The van der Waals surface area contributed by atoms with Gasteiger partial charge in [0.15, 0.2) is 0 Å². The van der Waals surface area contributed by atoms with Crippen molar-refractivity contribution < 1.29 is 19.9 Å². The molecule has 3 N–H and O–H groups in total. The molecule has 1 rings (SSSR count). The topological polar surface area (TPSA) is 161 Å². The van der Waals surface area contributed by atoms with Crippen molar-refractivity contribution in [2.24, 2.45) is 5.11 Å². The molecular formula is C11H13N5O5. The number of carbonyl (C=O) groups is 1. The SMILES string of the molecule is [N-]=[N+]=NCC(=O)N[C@@H](CO)[C@H](O)c1ccc([N+](=O)[O-])cc1. The third-order valence-electron chi connectivity index (χ3n) is 2.65. The number of amides is 1. The van der Waals surface area contributed by atoms with Crippen LogP contribution in [0, 0.1) is 10.1 Å². The lowest BCUT2D eigenvalue weighted by Crippen LogP contribution is -2.42. The van der Waals surface area contributed by atoms with Crippen LogP contribution in [0.25, 0.3) is 10.4 Å². The second-order valence-corrected chi connectivity index (χ2v) is 4.04. The van der Waals surface area contributed by atoms with Crippen LogP contribution >= 0.6 is 0 Å². The molecule has 0 radical (unpaired) electrons. The van der Waals surface area contributed by atoms with Gasteiger partial charge in [-0.3, -0.25) is 14.9 Å². The number of azide groups is 1. The molecule has 0 aromatic heterocycles. The first kappa shape index (κ1) is 16.4. The summed E-state index contributed by atoms with van der Waals surface area (Å²) in [7, 11) is 0. The number of hydrogen-bond acceptors (Lipinski definition) is 6. The second-order valence-electron chi connectivity index (χ2n) is 4.04. The molecule has 21 heavy (non-hydrogen) atoms. The van der Waals surface area contributed by atoms with E-state index in [1.807, 2.05) is 0 Å². The average Bonchev–Trinajstić information content (AvgIpc) is 2.50. The molecule has 1 aromatic rings. The van der Waals surface area contributed by atoms with Crippen LogP contribution in [0.3, 0.4) is 0 Å². The number of non-ortho nitro benzene ring substituents is 1. The van der Waals surface area contributed by atoms with Crippen molar-refractivity contribution in [3.05, 3.63) is 50.4 Å². The highest BCUT2D eigenvalue weighted by molar-refractivity contribution is 5.78. The van der Waals surface area contributed by atoms with E-state index in [0.29, 0.717) is 5.56 Å². The number of aliphatic hydroxyl groups is 2. The number of nitrogens with one attached hydrogen (secondary N) is 1. The zero-order chi connectivity index (χ0) is 15.8. The van der Waals surface area contributed by atoms with Crippen LogP contribution in [0.4, 0.5) is 5.69 Å². The fourth-order valence-corrected chi connectivity index (χ4v) is 1.60. The molecule has 0 fully saturated rings. The lowest BCUT2D eigenvalue weighted by atomic mass is 10.0. The van der Waals surface area contributed by atoms with Gasteiger partial charge in [-0.15, -0.1) is 0 Å². The molecule has 0 aliphatic rings. The summed E-state index contributed by atoms with van der Waals surface area (Å²) in [5, 5.41) is 35.1. The van der Waals surface area contributed by atoms with E-state index in [2.05, 4.69) is 15.3 Å². The first-order valence-electron chi connectivity index (χ1n) is 5.83. The van der Waals surface area contributed by atoms with Gasteiger partial charge < -0.3 is 15.5 Å². The van der Waals surface area contributed by atoms with Gasteiger partial charge in [-0.05, 0) is 23.2 Å². The molecule has 0 spiro atoms. The Morgan fingerprint density at radius 3 is 2.57 bits per heavy atom. The predicted molar refractivity (Wildman–Crippen MR) is 71.1 cm³/mol. The van der Waals surface area contributed by atoms with E-state index < -0.39 is 36.1 Å². The quantitative estimate of drug-likeness (QED) is 0.218. The molecule has 1 amide bonds.